The number of nitriles is 1. The fourth-order valence-electron chi connectivity index (χ4n) is 8.63. The van der Waals surface area contributed by atoms with Crippen molar-refractivity contribution in [2.75, 3.05) is 81.0 Å². The second-order valence-corrected chi connectivity index (χ2v) is 18.3. The van der Waals surface area contributed by atoms with Gasteiger partial charge in [-0.1, -0.05) is 6.92 Å². The van der Waals surface area contributed by atoms with Gasteiger partial charge in [0.25, 0.3) is 5.56 Å². The van der Waals surface area contributed by atoms with E-state index in [-0.39, 0.29) is 71.9 Å². The van der Waals surface area contributed by atoms with Gasteiger partial charge in [0.15, 0.2) is 11.6 Å². The smallest absolute Gasteiger partial charge is 0.301 e. The SMILES string of the molecule is CCN(C)S(=O)(=O)Nc1ccc(F)c(Oc2ccc3ncn([C@H]4COC5(CCN(C(=O)CN6CCN(c7ccc(NC8CCC(=O)NC8=O)cc7F)CC6)CC5)C4)c(=O)c3c2)c1C#N. The molecule has 4 fully saturated rings. The summed E-state index contributed by atoms with van der Waals surface area (Å²) in [7, 11) is -2.68. The van der Waals surface area contributed by atoms with Crippen molar-refractivity contribution in [2.24, 2.45) is 0 Å². The molecule has 0 aliphatic carbocycles. The van der Waals surface area contributed by atoms with Crippen LogP contribution < -0.4 is 30.6 Å². The van der Waals surface area contributed by atoms with Gasteiger partial charge in [-0.2, -0.15) is 18.0 Å². The van der Waals surface area contributed by atoms with Gasteiger partial charge in [0.05, 0.1) is 53.4 Å². The van der Waals surface area contributed by atoms with E-state index in [0.29, 0.717) is 81.8 Å². The summed E-state index contributed by atoms with van der Waals surface area (Å²) < 4.78 is 72.7. The standard InChI is InChI=1S/C43H48F2N10O8S/c1-3-51(2)64(60,61)50-35-8-6-32(44)40(31(35)23-46)63-29-5-7-34-30(21-29)42(59)55(26-47-34)28-22-43(62-25-28)12-14-54(15-13-43)39(57)24-52-16-18-53(19-17-52)37-10-4-27(20-33(37)45)48-36-9-11-38(56)49-41(36)58/h4-8,10,20-21,26,28,36,48,50H,3,9,11-19,22,24-25H2,1-2H3,(H,49,56,58)/t28-,36?/m1/s1. The Kier molecular flexibility index (Phi) is 12.6. The molecule has 0 bridgehead atoms. The number of nitrogens with one attached hydrogen (secondary N) is 3. The van der Waals surface area contributed by atoms with E-state index >= 15 is 8.78 Å². The molecule has 21 heteroatoms. The predicted molar refractivity (Wildman–Crippen MR) is 231 cm³/mol. The number of halogens is 2. The number of anilines is 3. The van der Waals surface area contributed by atoms with Crippen LogP contribution in [0.1, 0.15) is 50.6 Å². The van der Waals surface area contributed by atoms with Gasteiger partial charge in [-0.25, -0.2) is 13.8 Å². The van der Waals surface area contributed by atoms with Crippen molar-refractivity contribution in [2.45, 2.75) is 56.7 Å². The van der Waals surface area contributed by atoms with Crippen LogP contribution in [-0.2, 0) is 29.3 Å². The molecule has 1 aromatic heterocycles. The Bertz CT molecular complexity index is 2700. The topological polar surface area (TPSA) is 212 Å². The van der Waals surface area contributed by atoms with Crippen molar-refractivity contribution in [1.29, 1.82) is 5.26 Å². The van der Waals surface area contributed by atoms with Gasteiger partial charge in [0, 0.05) is 65.0 Å². The first-order chi connectivity index (χ1) is 30.7. The lowest BCUT2D eigenvalue weighted by Crippen LogP contribution is -2.52. The van der Waals surface area contributed by atoms with Crippen molar-refractivity contribution in [3.8, 4) is 17.6 Å². The molecule has 338 valence electrons. The highest BCUT2D eigenvalue weighted by atomic mass is 32.2. The van der Waals surface area contributed by atoms with Crippen LogP contribution in [0.15, 0.2) is 59.7 Å². The van der Waals surface area contributed by atoms with E-state index in [1.54, 1.807) is 19.1 Å². The molecule has 5 heterocycles. The highest BCUT2D eigenvalue weighted by molar-refractivity contribution is 7.90. The molecular formula is C43H48F2N10O8S. The Balaban J connectivity index is 0.847. The number of hydrogen-bond donors (Lipinski definition) is 3. The minimum atomic E-state index is -4.03. The molecule has 64 heavy (non-hydrogen) atoms. The molecule has 3 N–H and O–H groups in total. The third-order valence-corrected chi connectivity index (χ3v) is 14.1. The summed E-state index contributed by atoms with van der Waals surface area (Å²) in [4.78, 5) is 61.3. The van der Waals surface area contributed by atoms with Crippen LogP contribution in [0, 0.1) is 23.0 Å². The molecule has 2 atom stereocenters. The van der Waals surface area contributed by atoms with Gasteiger partial charge < -0.3 is 24.6 Å². The second kappa shape index (κ2) is 18.1. The van der Waals surface area contributed by atoms with Crippen LogP contribution in [0.25, 0.3) is 10.9 Å². The molecule has 4 saturated heterocycles. The predicted octanol–water partition coefficient (Wildman–Crippen LogP) is 3.31. The first kappa shape index (κ1) is 44.4. The molecule has 18 nitrogen and oxygen atoms in total. The van der Waals surface area contributed by atoms with Crippen LogP contribution >= 0.6 is 0 Å². The quantitative estimate of drug-likeness (QED) is 0.175. The van der Waals surface area contributed by atoms with Gasteiger partial charge >= 0.3 is 10.2 Å². The third kappa shape index (κ3) is 9.22. The lowest BCUT2D eigenvalue weighted by Gasteiger charge is -2.40. The minimum Gasteiger partial charge on any atom is -0.453 e. The molecule has 1 unspecified atom stereocenters. The van der Waals surface area contributed by atoms with E-state index < -0.39 is 45.1 Å². The Labute approximate surface area is 367 Å². The van der Waals surface area contributed by atoms with Gasteiger partial charge in [0.2, 0.25) is 17.7 Å². The van der Waals surface area contributed by atoms with Crippen LogP contribution in [0.4, 0.5) is 25.8 Å². The Hall–Kier alpha value is -6.21. The number of nitrogens with zero attached hydrogens (tertiary/aromatic N) is 7. The van der Waals surface area contributed by atoms with Crippen molar-refractivity contribution >= 4 is 55.9 Å². The van der Waals surface area contributed by atoms with Gasteiger partial charge in [-0.15, -0.1) is 0 Å². The van der Waals surface area contributed by atoms with Crippen molar-refractivity contribution in [1.82, 2.24) is 29.0 Å². The number of fused-ring (bicyclic) bond motifs is 1. The summed E-state index contributed by atoms with van der Waals surface area (Å²) in [5.41, 5.74) is -0.209. The van der Waals surface area contributed by atoms with E-state index in [2.05, 4.69) is 25.2 Å². The van der Waals surface area contributed by atoms with Gasteiger partial charge in [-0.05, 0) is 74.2 Å². The number of piperazine rings is 1. The normalized spacial score (nSPS) is 20.4. The zero-order valence-corrected chi connectivity index (χ0v) is 36.1. The number of rotatable bonds is 12. The first-order valence-corrected chi connectivity index (χ1v) is 22.5. The van der Waals surface area contributed by atoms with E-state index in [4.69, 9.17) is 9.47 Å². The molecule has 4 aromatic rings. The van der Waals surface area contributed by atoms with Crippen LogP contribution in [0.2, 0.25) is 0 Å². The third-order valence-electron chi connectivity index (χ3n) is 12.5. The zero-order chi connectivity index (χ0) is 45.3. The first-order valence-electron chi connectivity index (χ1n) is 21.1. The number of hydrogen-bond acceptors (Lipinski definition) is 13. The number of carbonyl (C=O) groups excluding carboxylic acids is 3. The van der Waals surface area contributed by atoms with Crippen LogP contribution in [0.3, 0.4) is 0 Å². The van der Waals surface area contributed by atoms with E-state index in [1.165, 1.54) is 42.2 Å². The number of aromatic nitrogens is 2. The maximum absolute atomic E-state index is 15.2. The fraction of sp³-hybridized carbons (Fsp3) is 0.442. The van der Waals surface area contributed by atoms with Gasteiger partial charge in [0.1, 0.15) is 29.2 Å². The number of piperidine rings is 2. The molecule has 4 aliphatic rings. The molecule has 1 spiro atoms. The fourth-order valence-corrected chi connectivity index (χ4v) is 9.57. The lowest BCUT2D eigenvalue weighted by molar-refractivity contribution is -0.137. The number of likely N-dealkylation sites (tertiary alicyclic amines) is 1. The van der Waals surface area contributed by atoms with Crippen LogP contribution in [0.5, 0.6) is 11.5 Å². The second-order valence-electron chi connectivity index (χ2n) is 16.5. The lowest BCUT2D eigenvalue weighted by atomic mass is 9.87. The van der Waals surface area contributed by atoms with Crippen LogP contribution in [-0.4, -0.2) is 127 Å². The molecular weight excluding hydrogens is 855 g/mol. The average Bonchev–Trinajstić information content (AvgIpc) is 3.68. The van der Waals surface area contributed by atoms with E-state index in [9.17, 15) is 32.9 Å². The molecule has 3 amide bonds. The minimum absolute atomic E-state index is 0.000215. The monoisotopic (exact) mass is 902 g/mol. The summed E-state index contributed by atoms with van der Waals surface area (Å²) in [6, 6.07) is 12.1. The molecule has 8 rings (SSSR count). The zero-order valence-electron chi connectivity index (χ0n) is 35.3. The number of benzene rings is 3. The van der Waals surface area contributed by atoms with Crippen molar-refractivity contribution < 1.29 is 41.1 Å². The van der Waals surface area contributed by atoms with Crippen molar-refractivity contribution in [3.05, 3.63) is 82.4 Å². The molecule has 0 radical (unpaired) electrons. The van der Waals surface area contributed by atoms with Crippen molar-refractivity contribution in [3.63, 3.8) is 0 Å². The summed E-state index contributed by atoms with van der Waals surface area (Å²) in [6.07, 6.45) is 3.72. The Morgan fingerprint density at radius 1 is 1.05 bits per heavy atom. The van der Waals surface area contributed by atoms with E-state index in [0.717, 1.165) is 16.4 Å². The summed E-state index contributed by atoms with van der Waals surface area (Å²) >= 11 is 0. The van der Waals surface area contributed by atoms with E-state index in [1.807, 2.05) is 15.9 Å². The molecule has 3 aromatic carbocycles. The average molecular weight is 903 g/mol. The summed E-state index contributed by atoms with van der Waals surface area (Å²) in [6.45, 7) is 5.44. The summed E-state index contributed by atoms with van der Waals surface area (Å²) in [5, 5.41) is 15.4. The largest absolute Gasteiger partial charge is 0.453 e. The van der Waals surface area contributed by atoms with Gasteiger partial charge in [-0.3, -0.25) is 38.7 Å². The Morgan fingerprint density at radius 2 is 1.81 bits per heavy atom. The summed E-state index contributed by atoms with van der Waals surface area (Å²) in [5.74, 6) is -2.57. The maximum atomic E-state index is 15.2. The number of ether oxygens (including phenoxy) is 2. The highest BCUT2D eigenvalue weighted by Crippen LogP contribution is 2.41. The molecule has 0 saturated carbocycles. The number of imide groups is 1. The highest BCUT2D eigenvalue weighted by Gasteiger charge is 2.44. The Morgan fingerprint density at radius 3 is 2.52 bits per heavy atom. The maximum Gasteiger partial charge on any atom is 0.301 e. The number of carbonyl (C=O) groups is 3. The molecule has 4 aliphatic heterocycles. The number of amides is 3.